The Kier molecular flexibility index (Phi) is 3.96. The molecule has 0 aliphatic carbocycles. The number of azide groups is 1. The monoisotopic (exact) mass is 251 g/mol. The van der Waals surface area contributed by atoms with Crippen molar-refractivity contribution in [2.75, 3.05) is 0 Å². The third-order valence-electron chi connectivity index (χ3n) is 2.92. The molecule has 0 radical (unpaired) electrons. The van der Waals surface area contributed by atoms with Crippen LogP contribution in [0.15, 0.2) is 59.7 Å². The number of carbonyl (C=O) groups excluding carboxylic acids is 1. The first-order valence-corrected chi connectivity index (χ1v) is 5.96. The molecule has 0 N–H and O–H groups in total. The molecular formula is C15H13N3O. The van der Waals surface area contributed by atoms with E-state index in [9.17, 15) is 4.79 Å². The van der Waals surface area contributed by atoms with Crippen molar-refractivity contribution in [3.63, 3.8) is 0 Å². The van der Waals surface area contributed by atoms with Gasteiger partial charge in [-0.15, -0.1) is 0 Å². The van der Waals surface area contributed by atoms with Crippen LogP contribution in [0.5, 0.6) is 0 Å². The molecule has 2 aromatic carbocycles. The molecule has 4 heteroatoms. The van der Waals surface area contributed by atoms with E-state index in [1.54, 1.807) is 24.3 Å². The molecule has 0 bridgehead atoms. The summed E-state index contributed by atoms with van der Waals surface area (Å²) in [4.78, 5) is 14.9. The van der Waals surface area contributed by atoms with Gasteiger partial charge in [-0.1, -0.05) is 66.6 Å². The fraction of sp³-hybridized carbons (Fsp3) is 0.133. The van der Waals surface area contributed by atoms with E-state index >= 15 is 0 Å². The molecule has 0 heterocycles. The topological polar surface area (TPSA) is 65.8 Å². The Hall–Kier alpha value is -2.58. The number of benzene rings is 2. The summed E-state index contributed by atoms with van der Waals surface area (Å²) in [5.41, 5.74) is 10.6. The zero-order chi connectivity index (χ0) is 13.7. The van der Waals surface area contributed by atoms with Gasteiger partial charge in [-0.3, -0.25) is 4.79 Å². The predicted molar refractivity (Wildman–Crippen MR) is 73.9 cm³/mol. The molecule has 0 spiro atoms. The van der Waals surface area contributed by atoms with E-state index in [4.69, 9.17) is 5.53 Å². The maximum Gasteiger partial charge on any atom is 0.193 e. The molecule has 2 rings (SSSR count). The van der Waals surface area contributed by atoms with Crippen LogP contribution in [0.3, 0.4) is 0 Å². The van der Waals surface area contributed by atoms with Gasteiger partial charge < -0.3 is 0 Å². The lowest BCUT2D eigenvalue weighted by atomic mass is 10.0. The van der Waals surface area contributed by atoms with E-state index in [2.05, 4.69) is 10.0 Å². The summed E-state index contributed by atoms with van der Waals surface area (Å²) < 4.78 is 0. The maximum absolute atomic E-state index is 12.2. The quantitative estimate of drug-likeness (QED) is 0.346. The van der Waals surface area contributed by atoms with Gasteiger partial charge in [0.15, 0.2) is 5.78 Å². The zero-order valence-corrected chi connectivity index (χ0v) is 10.5. The summed E-state index contributed by atoms with van der Waals surface area (Å²) in [6.07, 6.45) is 0. The summed E-state index contributed by atoms with van der Waals surface area (Å²) >= 11 is 0. The first-order chi connectivity index (χ1) is 9.22. The minimum absolute atomic E-state index is 0.0106. The van der Waals surface area contributed by atoms with Crippen LogP contribution in [-0.4, -0.2) is 5.78 Å². The molecule has 0 fully saturated rings. The van der Waals surface area contributed by atoms with Crippen molar-refractivity contribution in [1.82, 2.24) is 0 Å². The minimum Gasteiger partial charge on any atom is -0.289 e. The third kappa shape index (κ3) is 3.00. The van der Waals surface area contributed by atoms with Crippen molar-refractivity contribution in [1.29, 1.82) is 0 Å². The van der Waals surface area contributed by atoms with E-state index in [-0.39, 0.29) is 11.8 Å². The van der Waals surface area contributed by atoms with Crippen LogP contribution in [0, 0.1) is 0 Å². The Morgan fingerprint density at radius 3 is 2.21 bits per heavy atom. The minimum atomic E-state index is -0.231. The van der Waals surface area contributed by atoms with Gasteiger partial charge in [-0.05, 0) is 11.1 Å². The van der Waals surface area contributed by atoms with Gasteiger partial charge in [0.05, 0.1) is 6.04 Å². The maximum atomic E-state index is 12.2. The van der Waals surface area contributed by atoms with Crippen molar-refractivity contribution >= 4 is 5.78 Å². The standard InChI is InChI=1S/C15H13N3O/c1-11(17-18-16)12-7-9-14(10-8-12)15(19)13-5-3-2-4-6-13/h2-11H,1H3. The molecule has 0 amide bonds. The molecular weight excluding hydrogens is 238 g/mol. The van der Waals surface area contributed by atoms with Crippen LogP contribution >= 0.6 is 0 Å². The van der Waals surface area contributed by atoms with Gasteiger partial charge >= 0.3 is 0 Å². The van der Waals surface area contributed by atoms with Crippen molar-refractivity contribution in [3.8, 4) is 0 Å². The molecule has 0 aromatic heterocycles. The first kappa shape index (κ1) is 12.9. The average Bonchev–Trinajstić information content (AvgIpc) is 2.48. The summed E-state index contributed by atoms with van der Waals surface area (Å²) in [5.74, 6) is -0.0106. The van der Waals surface area contributed by atoms with Crippen LogP contribution in [-0.2, 0) is 0 Å². The van der Waals surface area contributed by atoms with E-state index in [1.165, 1.54) is 0 Å². The fourth-order valence-corrected chi connectivity index (χ4v) is 1.81. The Bertz CT molecular complexity index is 614. The number of nitrogens with zero attached hydrogens (tertiary/aromatic N) is 3. The smallest absolute Gasteiger partial charge is 0.193 e. The molecule has 19 heavy (non-hydrogen) atoms. The molecule has 4 nitrogen and oxygen atoms in total. The highest BCUT2D eigenvalue weighted by Crippen LogP contribution is 2.18. The summed E-state index contributed by atoms with van der Waals surface area (Å²) in [5, 5.41) is 3.62. The second-order valence-electron chi connectivity index (χ2n) is 4.20. The number of hydrogen-bond donors (Lipinski definition) is 0. The van der Waals surface area contributed by atoms with E-state index in [0.717, 1.165) is 5.56 Å². The third-order valence-corrected chi connectivity index (χ3v) is 2.92. The lowest BCUT2D eigenvalue weighted by Crippen LogP contribution is -2.01. The van der Waals surface area contributed by atoms with Crippen molar-refractivity contribution < 1.29 is 4.79 Å². The van der Waals surface area contributed by atoms with Gasteiger partial charge in [-0.2, -0.15) is 0 Å². The largest absolute Gasteiger partial charge is 0.289 e. The molecule has 0 saturated heterocycles. The second kappa shape index (κ2) is 5.85. The van der Waals surface area contributed by atoms with Gasteiger partial charge in [-0.25, -0.2) is 0 Å². The van der Waals surface area contributed by atoms with Gasteiger partial charge in [0, 0.05) is 16.0 Å². The number of ketones is 1. The Balaban J connectivity index is 2.24. The van der Waals surface area contributed by atoms with Crippen LogP contribution in [0.2, 0.25) is 0 Å². The van der Waals surface area contributed by atoms with Crippen LogP contribution < -0.4 is 0 Å². The molecule has 0 saturated carbocycles. The summed E-state index contributed by atoms with van der Waals surface area (Å²) in [7, 11) is 0. The van der Waals surface area contributed by atoms with Crippen LogP contribution in [0.4, 0.5) is 0 Å². The Morgan fingerprint density at radius 1 is 1.05 bits per heavy atom. The van der Waals surface area contributed by atoms with Crippen molar-refractivity contribution in [3.05, 3.63) is 81.7 Å². The van der Waals surface area contributed by atoms with E-state index < -0.39 is 0 Å². The summed E-state index contributed by atoms with van der Waals surface area (Å²) in [6.45, 7) is 1.81. The van der Waals surface area contributed by atoms with Crippen molar-refractivity contribution in [2.24, 2.45) is 5.11 Å². The number of hydrogen-bond acceptors (Lipinski definition) is 2. The summed E-state index contributed by atoms with van der Waals surface area (Å²) in [6, 6.07) is 16.1. The van der Waals surface area contributed by atoms with Gasteiger partial charge in [0.2, 0.25) is 0 Å². The molecule has 0 aliphatic rings. The predicted octanol–water partition coefficient (Wildman–Crippen LogP) is 4.29. The number of rotatable bonds is 4. The SMILES string of the molecule is CC(N=[N+]=[N-])c1ccc(C(=O)c2ccccc2)cc1. The van der Waals surface area contributed by atoms with E-state index in [1.807, 2.05) is 37.3 Å². The van der Waals surface area contributed by atoms with Crippen molar-refractivity contribution in [2.45, 2.75) is 13.0 Å². The molecule has 0 aliphatic heterocycles. The molecule has 1 atom stereocenters. The normalized spacial score (nSPS) is 11.4. The average molecular weight is 251 g/mol. The second-order valence-corrected chi connectivity index (χ2v) is 4.20. The highest BCUT2D eigenvalue weighted by atomic mass is 16.1. The fourth-order valence-electron chi connectivity index (χ4n) is 1.81. The lowest BCUT2D eigenvalue weighted by molar-refractivity contribution is 0.103. The highest BCUT2D eigenvalue weighted by molar-refractivity contribution is 6.08. The first-order valence-electron chi connectivity index (χ1n) is 5.96. The van der Waals surface area contributed by atoms with Gasteiger partial charge in [0.1, 0.15) is 0 Å². The molecule has 1 unspecified atom stereocenters. The molecule has 2 aromatic rings. The highest BCUT2D eigenvalue weighted by Gasteiger charge is 2.09. The molecule has 94 valence electrons. The van der Waals surface area contributed by atoms with E-state index in [0.29, 0.717) is 11.1 Å². The lowest BCUT2D eigenvalue weighted by Gasteiger charge is -2.06. The van der Waals surface area contributed by atoms with Crippen LogP contribution in [0.25, 0.3) is 10.4 Å². The van der Waals surface area contributed by atoms with Crippen LogP contribution in [0.1, 0.15) is 34.5 Å². The zero-order valence-electron chi connectivity index (χ0n) is 10.5. The Morgan fingerprint density at radius 2 is 1.63 bits per heavy atom. The number of carbonyl (C=O) groups is 1. The Labute approximate surface area is 111 Å². The van der Waals surface area contributed by atoms with Gasteiger partial charge in [0.25, 0.3) is 0 Å².